The first-order valence-corrected chi connectivity index (χ1v) is 13.6. The van der Waals surface area contributed by atoms with E-state index < -0.39 is 0 Å². The number of rotatable bonds is 7. The normalized spacial score (nSPS) is 15.6. The zero-order chi connectivity index (χ0) is 27.4. The molecule has 1 saturated heterocycles. The third-order valence-electron chi connectivity index (χ3n) is 6.58. The third-order valence-corrected chi connectivity index (χ3v) is 7.08. The van der Waals surface area contributed by atoms with Gasteiger partial charge in [0.1, 0.15) is 5.82 Å². The summed E-state index contributed by atoms with van der Waals surface area (Å²) in [5.41, 5.74) is 12.9. The average molecular weight is 589 g/mol. The molecular formula is C29H29BrN6O3. The zero-order valence-electron chi connectivity index (χ0n) is 21.5. The number of halogens is 1. The number of esters is 1. The lowest BCUT2D eigenvalue weighted by atomic mass is 9.99. The fourth-order valence-corrected chi connectivity index (χ4v) is 5.08. The number of aromatic nitrogens is 2. The summed E-state index contributed by atoms with van der Waals surface area (Å²) in [6.07, 6.45) is 1.59. The average Bonchev–Trinajstić information content (AvgIpc) is 2.93. The van der Waals surface area contributed by atoms with Crippen molar-refractivity contribution >= 4 is 56.2 Å². The van der Waals surface area contributed by atoms with E-state index in [1.807, 2.05) is 54.6 Å². The van der Waals surface area contributed by atoms with Gasteiger partial charge in [0.2, 0.25) is 5.95 Å². The highest BCUT2D eigenvalue weighted by atomic mass is 79.9. The van der Waals surface area contributed by atoms with Gasteiger partial charge in [0.25, 0.3) is 5.91 Å². The van der Waals surface area contributed by atoms with Gasteiger partial charge in [-0.1, -0.05) is 40.2 Å². The molecule has 1 aliphatic heterocycles. The van der Waals surface area contributed by atoms with Gasteiger partial charge in [-0.25, -0.2) is 9.99 Å². The lowest BCUT2D eigenvalue weighted by molar-refractivity contribution is -0.150. The van der Waals surface area contributed by atoms with Gasteiger partial charge < -0.3 is 15.8 Å². The molecule has 1 unspecified atom stereocenters. The SMILES string of the molecule is CCOC(=O)C1CCCN(NC(=O)c2ccc(-c3ccc4nc(N)nc(Nc5cccc(Br)c5)c4c3)cc2)C1. The van der Waals surface area contributed by atoms with Gasteiger partial charge in [-0.15, -0.1) is 0 Å². The summed E-state index contributed by atoms with van der Waals surface area (Å²) in [6, 6.07) is 21.1. The molecule has 3 aromatic carbocycles. The van der Waals surface area contributed by atoms with E-state index in [2.05, 4.69) is 36.6 Å². The molecule has 1 aliphatic rings. The molecule has 2 heterocycles. The summed E-state index contributed by atoms with van der Waals surface area (Å²) in [5.74, 6) is 0.145. The first-order chi connectivity index (χ1) is 18.9. The Labute approximate surface area is 234 Å². The first kappa shape index (κ1) is 26.6. The molecule has 9 nitrogen and oxygen atoms in total. The molecule has 4 N–H and O–H groups in total. The maximum Gasteiger partial charge on any atom is 0.310 e. The van der Waals surface area contributed by atoms with Gasteiger partial charge in [-0.05, 0) is 73.4 Å². The molecule has 5 rings (SSSR count). The minimum Gasteiger partial charge on any atom is -0.466 e. The molecule has 0 spiro atoms. The minimum atomic E-state index is -0.226. The highest BCUT2D eigenvalue weighted by Gasteiger charge is 2.27. The number of nitrogen functional groups attached to an aromatic ring is 1. The van der Waals surface area contributed by atoms with Crippen LogP contribution in [0.25, 0.3) is 22.0 Å². The van der Waals surface area contributed by atoms with Crippen molar-refractivity contribution < 1.29 is 14.3 Å². The van der Waals surface area contributed by atoms with Crippen LogP contribution in [0.15, 0.2) is 71.2 Å². The van der Waals surface area contributed by atoms with Gasteiger partial charge in [0.15, 0.2) is 0 Å². The molecule has 0 aliphatic carbocycles. The number of benzene rings is 3. The Hall–Kier alpha value is -4.02. The molecule has 1 amide bonds. The van der Waals surface area contributed by atoms with E-state index in [0.29, 0.717) is 31.1 Å². The summed E-state index contributed by atoms with van der Waals surface area (Å²) in [7, 11) is 0. The van der Waals surface area contributed by atoms with Crippen molar-refractivity contribution in [1.29, 1.82) is 0 Å². The third kappa shape index (κ3) is 6.35. The Morgan fingerprint density at radius 3 is 2.64 bits per heavy atom. The van der Waals surface area contributed by atoms with Crippen LogP contribution < -0.4 is 16.5 Å². The second kappa shape index (κ2) is 11.8. The van der Waals surface area contributed by atoms with E-state index >= 15 is 0 Å². The minimum absolute atomic E-state index is 0.186. The molecule has 39 heavy (non-hydrogen) atoms. The number of hydrogen-bond acceptors (Lipinski definition) is 8. The van der Waals surface area contributed by atoms with Crippen LogP contribution in [-0.4, -0.2) is 46.5 Å². The molecule has 0 radical (unpaired) electrons. The molecule has 1 fully saturated rings. The van der Waals surface area contributed by atoms with Crippen LogP contribution in [0.4, 0.5) is 17.5 Å². The van der Waals surface area contributed by atoms with Gasteiger partial charge in [0.05, 0.1) is 18.0 Å². The number of nitrogens with two attached hydrogens (primary N) is 1. The van der Waals surface area contributed by atoms with Crippen LogP contribution in [0.1, 0.15) is 30.1 Å². The monoisotopic (exact) mass is 588 g/mol. The summed E-state index contributed by atoms with van der Waals surface area (Å²) in [6.45, 7) is 3.29. The number of amides is 1. The number of hydrogen-bond donors (Lipinski definition) is 3. The topological polar surface area (TPSA) is 122 Å². The maximum atomic E-state index is 12.9. The van der Waals surface area contributed by atoms with Crippen LogP contribution in [0, 0.1) is 5.92 Å². The smallest absolute Gasteiger partial charge is 0.310 e. The highest BCUT2D eigenvalue weighted by Crippen LogP contribution is 2.30. The van der Waals surface area contributed by atoms with Crippen molar-refractivity contribution in [3.05, 3.63) is 76.8 Å². The summed E-state index contributed by atoms with van der Waals surface area (Å²) in [5, 5.41) is 5.97. The fourth-order valence-electron chi connectivity index (χ4n) is 4.68. The van der Waals surface area contributed by atoms with Crippen molar-refractivity contribution in [3.63, 3.8) is 0 Å². The Balaban J connectivity index is 1.32. The molecule has 0 saturated carbocycles. The number of ether oxygens (including phenoxy) is 1. The number of anilines is 3. The standard InChI is InChI=1S/C29H29BrN6O3/c1-2-39-28(38)21-5-4-14-36(17-21)35-27(37)19-10-8-18(9-11-19)20-12-13-25-24(15-20)26(34-29(31)33-25)32-23-7-3-6-22(30)16-23/h3,6-13,15-16,21H,2,4-5,14,17H2,1H3,(H,35,37)(H3,31,32,33,34). The van der Waals surface area contributed by atoms with Crippen LogP contribution in [0.3, 0.4) is 0 Å². The molecule has 0 bridgehead atoms. The number of carbonyl (C=O) groups is 2. The summed E-state index contributed by atoms with van der Waals surface area (Å²) in [4.78, 5) is 33.8. The first-order valence-electron chi connectivity index (χ1n) is 12.8. The second-order valence-corrected chi connectivity index (χ2v) is 10.3. The fraction of sp³-hybridized carbons (Fsp3) is 0.241. The van der Waals surface area contributed by atoms with E-state index in [0.717, 1.165) is 45.0 Å². The van der Waals surface area contributed by atoms with E-state index in [1.54, 1.807) is 24.1 Å². The Kier molecular flexibility index (Phi) is 8.04. The molecular weight excluding hydrogens is 560 g/mol. The van der Waals surface area contributed by atoms with E-state index in [4.69, 9.17) is 10.5 Å². The Morgan fingerprint density at radius 2 is 1.87 bits per heavy atom. The van der Waals surface area contributed by atoms with Crippen molar-refractivity contribution in [3.8, 4) is 11.1 Å². The van der Waals surface area contributed by atoms with Crippen molar-refractivity contribution in [2.45, 2.75) is 19.8 Å². The quantitative estimate of drug-likeness (QED) is 0.248. The largest absolute Gasteiger partial charge is 0.466 e. The highest BCUT2D eigenvalue weighted by molar-refractivity contribution is 9.10. The Bertz CT molecular complexity index is 1510. The van der Waals surface area contributed by atoms with E-state index in [9.17, 15) is 9.59 Å². The second-order valence-electron chi connectivity index (χ2n) is 9.35. The lowest BCUT2D eigenvalue weighted by Crippen LogP contribution is -2.49. The number of carbonyl (C=O) groups excluding carboxylic acids is 2. The van der Waals surface area contributed by atoms with Crippen molar-refractivity contribution in [2.75, 3.05) is 30.7 Å². The van der Waals surface area contributed by atoms with Gasteiger partial charge in [-0.3, -0.25) is 15.0 Å². The maximum absolute atomic E-state index is 12.9. The van der Waals surface area contributed by atoms with E-state index in [-0.39, 0.29) is 23.7 Å². The molecule has 4 aromatic rings. The zero-order valence-corrected chi connectivity index (χ0v) is 23.1. The molecule has 10 heteroatoms. The van der Waals surface area contributed by atoms with Crippen LogP contribution >= 0.6 is 15.9 Å². The van der Waals surface area contributed by atoms with E-state index in [1.165, 1.54) is 0 Å². The van der Waals surface area contributed by atoms with Crippen molar-refractivity contribution in [1.82, 2.24) is 20.4 Å². The van der Waals surface area contributed by atoms with Crippen molar-refractivity contribution in [2.24, 2.45) is 5.92 Å². The molecule has 1 aromatic heterocycles. The summed E-state index contributed by atoms with van der Waals surface area (Å²) >= 11 is 3.49. The molecule has 1 atom stereocenters. The van der Waals surface area contributed by atoms with Gasteiger partial charge in [0, 0.05) is 34.2 Å². The van der Waals surface area contributed by atoms with Gasteiger partial charge >= 0.3 is 5.97 Å². The summed E-state index contributed by atoms with van der Waals surface area (Å²) < 4.78 is 6.10. The number of fused-ring (bicyclic) bond motifs is 1. The predicted molar refractivity (Wildman–Crippen MR) is 155 cm³/mol. The lowest BCUT2D eigenvalue weighted by Gasteiger charge is -2.31. The number of piperidine rings is 1. The van der Waals surface area contributed by atoms with Crippen LogP contribution in [-0.2, 0) is 9.53 Å². The van der Waals surface area contributed by atoms with Gasteiger partial charge in [-0.2, -0.15) is 4.98 Å². The van der Waals surface area contributed by atoms with Crippen LogP contribution in [0.5, 0.6) is 0 Å². The number of nitrogens with one attached hydrogen (secondary N) is 2. The van der Waals surface area contributed by atoms with Crippen LogP contribution in [0.2, 0.25) is 0 Å². The predicted octanol–water partition coefficient (Wildman–Crippen LogP) is 5.31. The number of nitrogens with zero attached hydrogens (tertiary/aromatic N) is 3. The molecule has 200 valence electrons. The number of hydrazine groups is 1. The Morgan fingerprint density at radius 1 is 1.08 bits per heavy atom.